The van der Waals surface area contributed by atoms with Crippen LogP contribution >= 0.6 is 0 Å². The third-order valence-electron chi connectivity index (χ3n) is 1.63. The molecule has 2 heteroatoms. The van der Waals surface area contributed by atoms with E-state index in [9.17, 15) is 4.79 Å². The number of benzene rings is 1. The average molecular weight is 163 g/mol. The summed E-state index contributed by atoms with van der Waals surface area (Å²) in [6.45, 7) is 0. The normalized spacial score (nSPS) is 9.42. The summed E-state index contributed by atoms with van der Waals surface area (Å²) in [6, 6.07) is 10.5. The van der Waals surface area contributed by atoms with Gasteiger partial charge in [-0.2, -0.15) is 0 Å². The molecule has 0 saturated carbocycles. The first kappa shape index (κ1) is 8.78. The molecule has 0 N–H and O–H groups in total. The number of esters is 1. The van der Waals surface area contributed by atoms with Crippen LogP contribution in [0, 0.1) is 6.07 Å². The van der Waals surface area contributed by atoms with Crippen LogP contribution in [0.25, 0.3) is 0 Å². The van der Waals surface area contributed by atoms with Crippen LogP contribution in [0.15, 0.2) is 24.3 Å². The van der Waals surface area contributed by atoms with Crippen LogP contribution in [-0.2, 0) is 16.0 Å². The van der Waals surface area contributed by atoms with Gasteiger partial charge in [-0.05, 0) is 18.1 Å². The maximum absolute atomic E-state index is 10.8. The number of hydrogen-bond donors (Lipinski definition) is 0. The second-order valence-electron chi connectivity index (χ2n) is 2.48. The molecule has 2 nitrogen and oxygen atoms in total. The molecule has 1 aromatic carbocycles. The van der Waals surface area contributed by atoms with E-state index >= 15 is 0 Å². The predicted octanol–water partition coefficient (Wildman–Crippen LogP) is 1.59. The number of methoxy groups -OCH3 is 1. The molecule has 1 radical (unpaired) electrons. The van der Waals surface area contributed by atoms with E-state index in [-0.39, 0.29) is 5.97 Å². The summed E-state index contributed by atoms with van der Waals surface area (Å²) in [7, 11) is 1.40. The first-order valence-electron chi connectivity index (χ1n) is 3.84. The number of aryl methyl sites for hydroxylation is 1. The van der Waals surface area contributed by atoms with Gasteiger partial charge in [0.15, 0.2) is 0 Å². The second-order valence-corrected chi connectivity index (χ2v) is 2.48. The van der Waals surface area contributed by atoms with Gasteiger partial charge in [0.1, 0.15) is 0 Å². The molecule has 1 aromatic rings. The van der Waals surface area contributed by atoms with Crippen molar-refractivity contribution in [3.05, 3.63) is 35.9 Å². The van der Waals surface area contributed by atoms with Gasteiger partial charge in [0.25, 0.3) is 0 Å². The molecule has 0 spiro atoms. The fourth-order valence-corrected chi connectivity index (χ4v) is 0.937. The highest BCUT2D eigenvalue weighted by molar-refractivity contribution is 5.69. The highest BCUT2D eigenvalue weighted by Gasteiger charge is 1.99. The van der Waals surface area contributed by atoms with Crippen molar-refractivity contribution >= 4 is 5.97 Å². The molecule has 0 aromatic heterocycles. The highest BCUT2D eigenvalue weighted by Crippen LogP contribution is 2.02. The molecule has 0 atom stereocenters. The van der Waals surface area contributed by atoms with E-state index in [4.69, 9.17) is 0 Å². The molecule has 0 amide bonds. The first-order valence-corrected chi connectivity index (χ1v) is 3.84. The van der Waals surface area contributed by atoms with Crippen molar-refractivity contribution in [2.45, 2.75) is 12.8 Å². The van der Waals surface area contributed by atoms with E-state index in [1.54, 1.807) is 0 Å². The smallest absolute Gasteiger partial charge is 0.305 e. The van der Waals surface area contributed by atoms with E-state index in [1.807, 2.05) is 24.3 Å². The van der Waals surface area contributed by atoms with Gasteiger partial charge in [-0.25, -0.2) is 0 Å². The monoisotopic (exact) mass is 163 g/mol. The first-order chi connectivity index (χ1) is 5.83. The van der Waals surface area contributed by atoms with Crippen molar-refractivity contribution in [1.82, 2.24) is 0 Å². The lowest BCUT2D eigenvalue weighted by molar-refractivity contribution is -0.140. The van der Waals surface area contributed by atoms with Gasteiger partial charge in [0, 0.05) is 6.42 Å². The van der Waals surface area contributed by atoms with E-state index in [1.165, 1.54) is 7.11 Å². The minimum Gasteiger partial charge on any atom is -0.469 e. The van der Waals surface area contributed by atoms with E-state index in [0.29, 0.717) is 6.42 Å². The zero-order valence-electron chi connectivity index (χ0n) is 7.04. The lowest BCUT2D eigenvalue weighted by Gasteiger charge is -1.98. The summed E-state index contributed by atoms with van der Waals surface area (Å²) in [4.78, 5) is 10.8. The summed E-state index contributed by atoms with van der Waals surface area (Å²) in [5.74, 6) is -0.164. The fourth-order valence-electron chi connectivity index (χ4n) is 0.937. The maximum atomic E-state index is 10.8. The molecule has 0 bridgehead atoms. The van der Waals surface area contributed by atoms with Crippen LogP contribution in [0.4, 0.5) is 0 Å². The Bertz CT molecular complexity index is 241. The molecule has 0 aliphatic rings. The lowest BCUT2D eigenvalue weighted by atomic mass is 10.1. The topological polar surface area (TPSA) is 26.3 Å². The Balaban J connectivity index is 2.38. The van der Waals surface area contributed by atoms with Crippen molar-refractivity contribution in [3.63, 3.8) is 0 Å². The largest absolute Gasteiger partial charge is 0.469 e. The van der Waals surface area contributed by atoms with Crippen molar-refractivity contribution in [3.8, 4) is 0 Å². The zero-order valence-corrected chi connectivity index (χ0v) is 7.04. The Hall–Kier alpha value is -1.31. The second kappa shape index (κ2) is 4.54. The average Bonchev–Trinajstić information content (AvgIpc) is 2.16. The molecule has 0 saturated heterocycles. The fraction of sp³-hybridized carbons (Fsp3) is 0.300. The molecule has 12 heavy (non-hydrogen) atoms. The van der Waals surface area contributed by atoms with Gasteiger partial charge in [-0.1, -0.05) is 24.3 Å². The Labute approximate surface area is 72.2 Å². The Kier molecular flexibility index (Phi) is 3.33. The van der Waals surface area contributed by atoms with E-state index in [0.717, 1.165) is 12.0 Å². The van der Waals surface area contributed by atoms with Crippen LogP contribution < -0.4 is 0 Å². The van der Waals surface area contributed by atoms with Crippen LogP contribution in [0.3, 0.4) is 0 Å². The standard InChI is InChI=1S/C10H11O2/c1-12-10(11)8-7-9-5-3-2-4-6-9/h3-6H,7-8H2,1H3. The molecular formula is C10H11O2. The predicted molar refractivity (Wildman–Crippen MR) is 45.6 cm³/mol. The molecule has 0 heterocycles. The van der Waals surface area contributed by atoms with E-state index < -0.39 is 0 Å². The van der Waals surface area contributed by atoms with Crippen molar-refractivity contribution in [2.24, 2.45) is 0 Å². The van der Waals surface area contributed by atoms with Crippen LogP contribution in [0.5, 0.6) is 0 Å². The molecule has 0 aliphatic carbocycles. The van der Waals surface area contributed by atoms with Gasteiger partial charge in [0.2, 0.25) is 0 Å². The minimum absolute atomic E-state index is 0.164. The van der Waals surface area contributed by atoms with Crippen molar-refractivity contribution < 1.29 is 9.53 Å². The van der Waals surface area contributed by atoms with Gasteiger partial charge in [-0.15, -0.1) is 0 Å². The van der Waals surface area contributed by atoms with Gasteiger partial charge in [0.05, 0.1) is 7.11 Å². The Morgan fingerprint density at radius 3 is 2.75 bits per heavy atom. The molecule has 0 fully saturated rings. The van der Waals surface area contributed by atoms with Crippen LogP contribution in [-0.4, -0.2) is 13.1 Å². The summed E-state index contributed by atoms with van der Waals surface area (Å²) >= 11 is 0. The number of rotatable bonds is 3. The third-order valence-corrected chi connectivity index (χ3v) is 1.63. The van der Waals surface area contributed by atoms with Gasteiger partial charge < -0.3 is 4.74 Å². The molecule has 1 rings (SSSR count). The van der Waals surface area contributed by atoms with E-state index in [2.05, 4.69) is 10.8 Å². The van der Waals surface area contributed by atoms with Crippen molar-refractivity contribution in [2.75, 3.05) is 7.11 Å². The van der Waals surface area contributed by atoms with Crippen LogP contribution in [0.2, 0.25) is 0 Å². The van der Waals surface area contributed by atoms with Crippen LogP contribution in [0.1, 0.15) is 12.0 Å². The maximum Gasteiger partial charge on any atom is 0.305 e. The highest BCUT2D eigenvalue weighted by atomic mass is 16.5. The lowest BCUT2D eigenvalue weighted by Crippen LogP contribution is -2.01. The number of carbonyl (C=O) groups is 1. The SMILES string of the molecule is COC(=O)CCc1cc[c]cc1. The summed E-state index contributed by atoms with van der Waals surface area (Å²) in [5, 5.41) is 0. The van der Waals surface area contributed by atoms with Gasteiger partial charge >= 0.3 is 5.97 Å². The number of hydrogen-bond acceptors (Lipinski definition) is 2. The summed E-state index contributed by atoms with van der Waals surface area (Å²) in [5.41, 5.74) is 1.14. The summed E-state index contributed by atoms with van der Waals surface area (Å²) in [6.07, 6.45) is 1.18. The molecule has 63 valence electrons. The van der Waals surface area contributed by atoms with Gasteiger partial charge in [-0.3, -0.25) is 4.79 Å². The number of ether oxygens (including phenoxy) is 1. The minimum atomic E-state index is -0.164. The Morgan fingerprint density at radius 1 is 1.50 bits per heavy atom. The third kappa shape index (κ3) is 2.74. The van der Waals surface area contributed by atoms with Crippen molar-refractivity contribution in [1.29, 1.82) is 0 Å². The zero-order chi connectivity index (χ0) is 8.81. The molecular weight excluding hydrogens is 152 g/mol. The number of carbonyl (C=O) groups excluding carboxylic acids is 1. The molecule has 0 aliphatic heterocycles. The Morgan fingerprint density at radius 2 is 2.17 bits per heavy atom. The molecule has 0 unspecified atom stereocenters. The summed E-state index contributed by atoms with van der Waals surface area (Å²) < 4.78 is 4.53. The quantitative estimate of drug-likeness (QED) is 0.632.